The third-order valence-corrected chi connectivity index (χ3v) is 3.27. The molecule has 0 saturated heterocycles. The minimum Gasteiger partial charge on any atom is -0.437 e. The fraction of sp³-hybridized carbons (Fsp3) is 0.308. The molecule has 0 aliphatic heterocycles. The molecule has 1 aromatic heterocycles. The molecule has 1 aromatic carbocycles. The summed E-state index contributed by atoms with van der Waals surface area (Å²) in [6.07, 6.45) is 0.921. The Morgan fingerprint density at radius 2 is 2.21 bits per heavy atom. The van der Waals surface area contributed by atoms with Crippen molar-refractivity contribution in [3.8, 4) is 11.6 Å². The Balaban J connectivity index is 2.34. The largest absolute Gasteiger partial charge is 0.437 e. The van der Waals surface area contributed by atoms with Crippen LogP contribution < -0.4 is 10.5 Å². The van der Waals surface area contributed by atoms with Crippen molar-refractivity contribution in [2.75, 3.05) is 5.73 Å². The summed E-state index contributed by atoms with van der Waals surface area (Å²) in [4.78, 5) is 0. The first-order chi connectivity index (χ1) is 9.02. The van der Waals surface area contributed by atoms with Gasteiger partial charge in [-0.3, -0.25) is 0 Å². The van der Waals surface area contributed by atoms with Gasteiger partial charge in [-0.1, -0.05) is 6.92 Å². The topological polar surface area (TPSA) is 53.1 Å². The van der Waals surface area contributed by atoms with E-state index in [1.54, 1.807) is 16.8 Å². The molecule has 6 heteroatoms. The molecule has 1 heterocycles. The standard InChI is InChI=1S/C13H15BrFN3O/c1-3-6-18-13(12(16)8(2)17-18)19-9-4-5-11(15)10(14)7-9/h4-5,7H,3,6,16H2,1-2H3. The van der Waals surface area contributed by atoms with Gasteiger partial charge in [0.25, 0.3) is 0 Å². The number of halogens is 2. The van der Waals surface area contributed by atoms with Crippen LogP contribution >= 0.6 is 15.9 Å². The van der Waals surface area contributed by atoms with Crippen LogP contribution in [0.4, 0.5) is 10.1 Å². The van der Waals surface area contributed by atoms with Gasteiger partial charge < -0.3 is 10.5 Å². The smallest absolute Gasteiger partial charge is 0.241 e. The number of aryl methyl sites for hydroxylation is 2. The van der Waals surface area contributed by atoms with Crippen molar-refractivity contribution in [3.63, 3.8) is 0 Å². The highest BCUT2D eigenvalue weighted by molar-refractivity contribution is 9.10. The maximum absolute atomic E-state index is 13.2. The van der Waals surface area contributed by atoms with E-state index in [1.165, 1.54) is 6.07 Å². The Labute approximate surface area is 119 Å². The van der Waals surface area contributed by atoms with E-state index >= 15 is 0 Å². The van der Waals surface area contributed by atoms with Crippen LogP contribution in [0.2, 0.25) is 0 Å². The highest BCUT2D eigenvalue weighted by Gasteiger charge is 2.14. The van der Waals surface area contributed by atoms with Gasteiger partial charge in [-0.15, -0.1) is 0 Å². The third kappa shape index (κ3) is 2.89. The van der Waals surface area contributed by atoms with Gasteiger partial charge >= 0.3 is 0 Å². The average molecular weight is 328 g/mol. The molecule has 0 unspecified atom stereocenters. The maximum atomic E-state index is 13.2. The van der Waals surface area contributed by atoms with Gasteiger partial charge in [0.05, 0.1) is 10.2 Å². The summed E-state index contributed by atoms with van der Waals surface area (Å²) in [7, 11) is 0. The molecule has 102 valence electrons. The van der Waals surface area contributed by atoms with E-state index in [4.69, 9.17) is 10.5 Å². The second-order valence-electron chi connectivity index (χ2n) is 4.21. The van der Waals surface area contributed by atoms with Gasteiger partial charge in [0.2, 0.25) is 5.88 Å². The SMILES string of the molecule is CCCn1nc(C)c(N)c1Oc1ccc(F)c(Br)c1. The molecule has 0 aliphatic carbocycles. The molecule has 0 spiro atoms. The van der Waals surface area contributed by atoms with Crippen molar-refractivity contribution in [1.29, 1.82) is 0 Å². The van der Waals surface area contributed by atoms with Gasteiger partial charge in [0.1, 0.15) is 17.3 Å². The Morgan fingerprint density at radius 1 is 1.47 bits per heavy atom. The molecule has 0 radical (unpaired) electrons. The summed E-state index contributed by atoms with van der Waals surface area (Å²) in [6.45, 7) is 4.59. The van der Waals surface area contributed by atoms with Crippen LogP contribution in [0.1, 0.15) is 19.0 Å². The lowest BCUT2D eigenvalue weighted by atomic mass is 10.3. The number of nitrogens with zero attached hydrogens (tertiary/aromatic N) is 2. The predicted octanol–water partition coefficient (Wildman–Crippen LogP) is 3.88. The summed E-state index contributed by atoms with van der Waals surface area (Å²) in [5, 5.41) is 4.32. The number of anilines is 1. The molecular formula is C13H15BrFN3O. The van der Waals surface area contributed by atoms with E-state index in [1.807, 2.05) is 13.8 Å². The van der Waals surface area contributed by atoms with E-state index in [2.05, 4.69) is 21.0 Å². The molecule has 2 rings (SSSR count). The fourth-order valence-electron chi connectivity index (χ4n) is 1.70. The zero-order valence-corrected chi connectivity index (χ0v) is 12.4. The molecule has 0 aliphatic rings. The number of nitrogen functional groups attached to an aromatic ring is 1. The molecular weight excluding hydrogens is 313 g/mol. The van der Waals surface area contributed by atoms with Crippen LogP contribution in [0.3, 0.4) is 0 Å². The first-order valence-electron chi connectivity index (χ1n) is 5.98. The van der Waals surface area contributed by atoms with Crippen LogP contribution in [0.25, 0.3) is 0 Å². The zero-order chi connectivity index (χ0) is 14.0. The van der Waals surface area contributed by atoms with E-state index < -0.39 is 0 Å². The van der Waals surface area contributed by atoms with Crippen LogP contribution in [-0.4, -0.2) is 9.78 Å². The van der Waals surface area contributed by atoms with Crippen molar-refractivity contribution >= 4 is 21.6 Å². The monoisotopic (exact) mass is 327 g/mol. The lowest BCUT2D eigenvalue weighted by Crippen LogP contribution is -2.02. The molecule has 0 amide bonds. The van der Waals surface area contributed by atoms with Gasteiger partial charge in [0.15, 0.2) is 0 Å². The van der Waals surface area contributed by atoms with E-state index in [0.717, 1.165) is 18.7 Å². The van der Waals surface area contributed by atoms with Crippen LogP contribution in [-0.2, 0) is 6.54 Å². The molecule has 2 aromatic rings. The first kappa shape index (κ1) is 13.9. The summed E-state index contributed by atoms with van der Waals surface area (Å²) < 4.78 is 21.0. The number of rotatable bonds is 4. The van der Waals surface area contributed by atoms with Crippen molar-refractivity contribution in [2.45, 2.75) is 26.8 Å². The summed E-state index contributed by atoms with van der Waals surface area (Å²) in [5.41, 5.74) is 7.19. The van der Waals surface area contributed by atoms with Gasteiger partial charge in [-0.2, -0.15) is 5.10 Å². The lowest BCUT2D eigenvalue weighted by Gasteiger charge is -2.09. The zero-order valence-electron chi connectivity index (χ0n) is 10.8. The Hall–Kier alpha value is -1.56. The molecule has 0 saturated carbocycles. The minimum absolute atomic E-state index is 0.335. The van der Waals surface area contributed by atoms with Crippen molar-refractivity contribution < 1.29 is 9.13 Å². The van der Waals surface area contributed by atoms with E-state index in [9.17, 15) is 4.39 Å². The second-order valence-corrected chi connectivity index (χ2v) is 5.06. The molecule has 4 nitrogen and oxygen atoms in total. The van der Waals surface area contributed by atoms with Crippen molar-refractivity contribution in [2.24, 2.45) is 0 Å². The molecule has 19 heavy (non-hydrogen) atoms. The highest BCUT2D eigenvalue weighted by atomic mass is 79.9. The van der Waals surface area contributed by atoms with Gasteiger partial charge in [-0.05, 0) is 47.5 Å². The Kier molecular flexibility index (Phi) is 4.09. The number of ether oxygens (including phenoxy) is 1. The van der Waals surface area contributed by atoms with Crippen molar-refractivity contribution in [1.82, 2.24) is 9.78 Å². The Bertz CT molecular complexity index is 598. The molecule has 0 bridgehead atoms. The third-order valence-electron chi connectivity index (χ3n) is 2.67. The van der Waals surface area contributed by atoms with Crippen molar-refractivity contribution in [3.05, 3.63) is 34.2 Å². The lowest BCUT2D eigenvalue weighted by molar-refractivity contribution is 0.409. The van der Waals surface area contributed by atoms with Crippen LogP contribution in [0.15, 0.2) is 22.7 Å². The second kappa shape index (κ2) is 5.61. The van der Waals surface area contributed by atoms with E-state index in [0.29, 0.717) is 21.8 Å². The quantitative estimate of drug-likeness (QED) is 0.927. The van der Waals surface area contributed by atoms with Crippen LogP contribution in [0, 0.1) is 12.7 Å². The number of nitrogens with two attached hydrogens (primary N) is 1. The van der Waals surface area contributed by atoms with Gasteiger partial charge in [-0.25, -0.2) is 9.07 Å². The highest BCUT2D eigenvalue weighted by Crippen LogP contribution is 2.31. The maximum Gasteiger partial charge on any atom is 0.241 e. The number of hydrogen-bond donors (Lipinski definition) is 1. The molecule has 0 fully saturated rings. The predicted molar refractivity (Wildman–Crippen MR) is 75.8 cm³/mol. The summed E-state index contributed by atoms with van der Waals surface area (Å²) in [5.74, 6) is 0.675. The minimum atomic E-state index is -0.335. The summed E-state index contributed by atoms with van der Waals surface area (Å²) in [6, 6.07) is 4.45. The molecule has 0 atom stereocenters. The molecule has 2 N–H and O–H groups in total. The number of hydrogen-bond acceptors (Lipinski definition) is 3. The normalized spacial score (nSPS) is 10.7. The number of benzene rings is 1. The fourth-order valence-corrected chi connectivity index (χ4v) is 2.05. The van der Waals surface area contributed by atoms with Crippen LogP contribution in [0.5, 0.6) is 11.6 Å². The number of aromatic nitrogens is 2. The first-order valence-corrected chi connectivity index (χ1v) is 6.78. The average Bonchev–Trinajstić information content (AvgIpc) is 2.62. The van der Waals surface area contributed by atoms with Gasteiger partial charge in [0, 0.05) is 6.54 Å². The van der Waals surface area contributed by atoms with E-state index in [-0.39, 0.29) is 5.82 Å². The summed E-state index contributed by atoms with van der Waals surface area (Å²) >= 11 is 3.12. The Morgan fingerprint density at radius 3 is 2.84 bits per heavy atom.